The first kappa shape index (κ1) is 13.8. The van der Waals surface area contributed by atoms with Crippen LogP contribution in [0.1, 0.15) is 45.4 Å². The van der Waals surface area contributed by atoms with Crippen LogP contribution in [0.15, 0.2) is 0 Å². The molecule has 3 heteroatoms. The number of hydrogen-bond acceptors (Lipinski definition) is 3. The minimum Gasteiger partial charge on any atom is -0.381 e. The zero-order chi connectivity index (χ0) is 13.2. The number of piperidine rings is 1. The normalized spacial score (nSPS) is 30.8. The Morgan fingerprint density at radius 1 is 1.05 bits per heavy atom. The molecule has 0 saturated carbocycles. The van der Waals surface area contributed by atoms with Gasteiger partial charge < -0.3 is 15.0 Å². The maximum absolute atomic E-state index is 5.57. The summed E-state index contributed by atoms with van der Waals surface area (Å²) in [6, 6.07) is 0. The summed E-state index contributed by atoms with van der Waals surface area (Å²) in [5.74, 6) is 0. The first-order valence-electron chi connectivity index (χ1n) is 8.27. The van der Waals surface area contributed by atoms with E-state index in [1.165, 1.54) is 71.2 Å². The van der Waals surface area contributed by atoms with E-state index in [1.807, 2.05) is 0 Å². The van der Waals surface area contributed by atoms with Crippen molar-refractivity contribution in [2.75, 3.05) is 45.9 Å². The summed E-state index contributed by atoms with van der Waals surface area (Å²) >= 11 is 0. The molecule has 0 atom stereocenters. The molecule has 0 radical (unpaired) electrons. The molecule has 3 fully saturated rings. The molecule has 0 aromatic heterocycles. The zero-order valence-electron chi connectivity index (χ0n) is 12.5. The van der Waals surface area contributed by atoms with E-state index in [9.17, 15) is 0 Å². The molecule has 3 saturated heterocycles. The van der Waals surface area contributed by atoms with E-state index in [-0.39, 0.29) is 0 Å². The van der Waals surface area contributed by atoms with Crippen LogP contribution in [-0.4, -0.2) is 50.8 Å². The fourth-order valence-electron chi connectivity index (χ4n) is 4.43. The minimum atomic E-state index is 0.552. The van der Waals surface area contributed by atoms with E-state index in [4.69, 9.17) is 4.74 Å². The van der Waals surface area contributed by atoms with Gasteiger partial charge in [-0.2, -0.15) is 0 Å². The third kappa shape index (κ3) is 2.98. The lowest BCUT2D eigenvalue weighted by molar-refractivity contribution is -0.00548. The molecule has 0 amide bonds. The van der Waals surface area contributed by atoms with Crippen LogP contribution in [0.2, 0.25) is 0 Å². The smallest absolute Gasteiger partial charge is 0.0471 e. The summed E-state index contributed by atoms with van der Waals surface area (Å²) in [6.45, 7) is 10.8. The lowest BCUT2D eigenvalue weighted by Crippen LogP contribution is -2.43. The molecule has 0 aliphatic carbocycles. The third-order valence-electron chi connectivity index (χ3n) is 6.04. The molecule has 0 unspecified atom stereocenters. The molecule has 0 aromatic rings. The second kappa shape index (κ2) is 5.71. The zero-order valence-corrected chi connectivity index (χ0v) is 12.5. The maximum atomic E-state index is 5.57. The van der Waals surface area contributed by atoms with E-state index in [0.717, 1.165) is 13.2 Å². The van der Waals surface area contributed by atoms with Gasteiger partial charge in [-0.1, -0.05) is 6.92 Å². The Morgan fingerprint density at radius 2 is 1.79 bits per heavy atom. The van der Waals surface area contributed by atoms with Gasteiger partial charge in [0.05, 0.1) is 0 Å². The minimum absolute atomic E-state index is 0.552. The van der Waals surface area contributed by atoms with Crippen LogP contribution in [0.25, 0.3) is 0 Å². The van der Waals surface area contributed by atoms with Gasteiger partial charge >= 0.3 is 0 Å². The van der Waals surface area contributed by atoms with E-state index in [2.05, 4.69) is 17.1 Å². The molecule has 3 heterocycles. The van der Waals surface area contributed by atoms with Crippen LogP contribution in [-0.2, 0) is 4.74 Å². The van der Waals surface area contributed by atoms with Gasteiger partial charge in [0.15, 0.2) is 0 Å². The van der Waals surface area contributed by atoms with Gasteiger partial charge in [-0.05, 0) is 69.0 Å². The number of nitrogens with zero attached hydrogens (tertiary/aromatic N) is 1. The molecule has 1 N–H and O–H groups in total. The number of hydrogen-bond donors (Lipinski definition) is 1. The van der Waals surface area contributed by atoms with Crippen LogP contribution in [0.3, 0.4) is 0 Å². The van der Waals surface area contributed by atoms with Gasteiger partial charge in [-0.3, -0.25) is 0 Å². The van der Waals surface area contributed by atoms with Gasteiger partial charge in [0.1, 0.15) is 0 Å². The fourth-order valence-corrected chi connectivity index (χ4v) is 4.43. The van der Waals surface area contributed by atoms with Crippen molar-refractivity contribution in [3.63, 3.8) is 0 Å². The van der Waals surface area contributed by atoms with Crippen molar-refractivity contribution >= 4 is 0 Å². The van der Waals surface area contributed by atoms with Crippen LogP contribution in [0.4, 0.5) is 0 Å². The summed E-state index contributed by atoms with van der Waals surface area (Å²) < 4.78 is 5.57. The highest BCUT2D eigenvalue weighted by atomic mass is 16.5. The Balaban J connectivity index is 1.58. The summed E-state index contributed by atoms with van der Waals surface area (Å²) in [7, 11) is 0. The maximum Gasteiger partial charge on any atom is 0.0471 e. The Morgan fingerprint density at radius 3 is 2.47 bits per heavy atom. The molecule has 110 valence electrons. The van der Waals surface area contributed by atoms with Crippen molar-refractivity contribution in [2.45, 2.75) is 45.4 Å². The van der Waals surface area contributed by atoms with Crippen molar-refractivity contribution in [3.8, 4) is 0 Å². The summed E-state index contributed by atoms with van der Waals surface area (Å²) in [4.78, 5) is 2.78. The Labute approximate surface area is 118 Å². The topological polar surface area (TPSA) is 24.5 Å². The average Bonchev–Trinajstić information content (AvgIpc) is 2.83. The first-order chi connectivity index (χ1) is 9.26. The van der Waals surface area contributed by atoms with Gasteiger partial charge in [-0.25, -0.2) is 0 Å². The summed E-state index contributed by atoms with van der Waals surface area (Å²) in [6.07, 6.45) is 8.09. The molecule has 19 heavy (non-hydrogen) atoms. The number of nitrogens with one attached hydrogen (secondary N) is 1. The summed E-state index contributed by atoms with van der Waals surface area (Å²) in [5, 5.41) is 3.52. The second-order valence-corrected chi connectivity index (χ2v) is 7.18. The highest BCUT2D eigenvalue weighted by molar-refractivity contribution is 4.95. The van der Waals surface area contributed by atoms with E-state index < -0.39 is 0 Å². The molecule has 3 aliphatic rings. The van der Waals surface area contributed by atoms with Crippen molar-refractivity contribution in [1.82, 2.24) is 10.2 Å². The molecule has 1 spiro atoms. The number of likely N-dealkylation sites (tertiary alicyclic amines) is 1. The average molecular weight is 266 g/mol. The van der Waals surface area contributed by atoms with Crippen LogP contribution in [0.5, 0.6) is 0 Å². The fraction of sp³-hybridized carbons (Fsp3) is 1.00. The van der Waals surface area contributed by atoms with Gasteiger partial charge in [0.2, 0.25) is 0 Å². The lowest BCUT2D eigenvalue weighted by Gasteiger charge is -2.40. The second-order valence-electron chi connectivity index (χ2n) is 7.18. The number of rotatable bonds is 3. The molecular weight excluding hydrogens is 236 g/mol. The van der Waals surface area contributed by atoms with Gasteiger partial charge in [-0.15, -0.1) is 0 Å². The lowest BCUT2D eigenvalue weighted by atomic mass is 9.76. The van der Waals surface area contributed by atoms with Gasteiger partial charge in [0.25, 0.3) is 0 Å². The molecule has 3 aliphatic heterocycles. The van der Waals surface area contributed by atoms with Crippen LogP contribution >= 0.6 is 0 Å². The predicted octanol–water partition coefficient (Wildman–Crippen LogP) is 2.27. The first-order valence-corrected chi connectivity index (χ1v) is 8.27. The Kier molecular flexibility index (Phi) is 4.16. The monoisotopic (exact) mass is 266 g/mol. The Hall–Kier alpha value is -0.120. The molecular formula is C16H30N2O. The Bertz CT molecular complexity index is 293. The highest BCUT2D eigenvalue weighted by Crippen LogP contribution is 2.42. The van der Waals surface area contributed by atoms with Crippen molar-refractivity contribution in [2.24, 2.45) is 10.8 Å². The van der Waals surface area contributed by atoms with Crippen molar-refractivity contribution < 1.29 is 4.74 Å². The van der Waals surface area contributed by atoms with Crippen molar-refractivity contribution in [3.05, 3.63) is 0 Å². The van der Waals surface area contributed by atoms with Gasteiger partial charge in [0, 0.05) is 26.3 Å². The molecule has 3 nitrogen and oxygen atoms in total. The van der Waals surface area contributed by atoms with Crippen LogP contribution < -0.4 is 5.32 Å². The largest absolute Gasteiger partial charge is 0.381 e. The van der Waals surface area contributed by atoms with E-state index in [1.54, 1.807) is 0 Å². The highest BCUT2D eigenvalue weighted by Gasteiger charge is 2.41. The molecule has 0 bridgehead atoms. The predicted molar refractivity (Wildman–Crippen MR) is 78.4 cm³/mol. The quantitative estimate of drug-likeness (QED) is 0.848. The number of ether oxygens (including phenoxy) is 1. The molecule has 3 rings (SSSR count). The van der Waals surface area contributed by atoms with E-state index >= 15 is 0 Å². The van der Waals surface area contributed by atoms with Crippen LogP contribution in [0, 0.1) is 10.8 Å². The summed E-state index contributed by atoms with van der Waals surface area (Å²) in [5.41, 5.74) is 1.21. The standard InChI is InChI=1S/C16H30N2O/c1-2-15(6-11-19-12-7-15)13-18-10-5-16(14-18)3-8-17-9-4-16/h17H,2-14H2,1H3. The SMILES string of the molecule is CCC1(CN2CCC3(CCNCC3)C2)CCOCC1. The van der Waals surface area contributed by atoms with E-state index in [0.29, 0.717) is 10.8 Å². The third-order valence-corrected chi connectivity index (χ3v) is 6.04. The molecule has 0 aromatic carbocycles. The van der Waals surface area contributed by atoms with Crippen molar-refractivity contribution in [1.29, 1.82) is 0 Å².